The van der Waals surface area contributed by atoms with E-state index in [4.69, 9.17) is 23.2 Å². The molecule has 2 atom stereocenters. The van der Waals surface area contributed by atoms with E-state index in [0.717, 1.165) is 30.8 Å². The Bertz CT molecular complexity index is 1260. The monoisotopic (exact) mass is 597 g/mol. The molecule has 1 aromatic carbocycles. The van der Waals surface area contributed by atoms with Crippen LogP contribution in [-0.4, -0.2) is 71.4 Å². The number of rotatable bonds is 6. The number of benzene rings is 1. The van der Waals surface area contributed by atoms with Crippen LogP contribution in [0.1, 0.15) is 49.7 Å². The summed E-state index contributed by atoms with van der Waals surface area (Å²) in [7, 11) is 1.73. The van der Waals surface area contributed by atoms with Crippen molar-refractivity contribution in [1.82, 2.24) is 19.8 Å². The minimum atomic E-state index is -4.51. The maximum absolute atomic E-state index is 13.6. The van der Waals surface area contributed by atoms with Gasteiger partial charge in [0.25, 0.3) is 0 Å². The molecule has 3 fully saturated rings. The molecule has 1 saturated carbocycles. The van der Waals surface area contributed by atoms with Gasteiger partial charge in [0.2, 0.25) is 17.8 Å². The van der Waals surface area contributed by atoms with Crippen LogP contribution in [0.5, 0.6) is 0 Å². The van der Waals surface area contributed by atoms with Gasteiger partial charge in [0, 0.05) is 75.3 Å². The molecule has 2 aromatic rings. The van der Waals surface area contributed by atoms with Gasteiger partial charge in [0.05, 0.1) is 15.6 Å². The molecule has 0 unspecified atom stereocenters. The fourth-order valence-corrected chi connectivity index (χ4v) is 6.13. The maximum Gasteiger partial charge on any atom is 0.419 e. The molecule has 1 aromatic heterocycles. The van der Waals surface area contributed by atoms with Gasteiger partial charge in [-0.05, 0) is 43.4 Å². The number of likely N-dealkylation sites (tertiary alicyclic amines) is 2. The molecule has 0 radical (unpaired) electrons. The summed E-state index contributed by atoms with van der Waals surface area (Å²) in [5, 5.41) is 0.855. The van der Waals surface area contributed by atoms with Crippen LogP contribution in [0.25, 0.3) is 0 Å². The van der Waals surface area contributed by atoms with Gasteiger partial charge in [-0.1, -0.05) is 36.2 Å². The fourth-order valence-electron chi connectivity index (χ4n) is 5.83. The molecule has 0 spiro atoms. The Labute approximate surface area is 241 Å². The highest BCUT2D eigenvalue weighted by atomic mass is 35.5. The van der Waals surface area contributed by atoms with Crippen LogP contribution in [0.15, 0.2) is 30.6 Å². The van der Waals surface area contributed by atoms with Gasteiger partial charge in [0.1, 0.15) is 0 Å². The lowest BCUT2D eigenvalue weighted by molar-refractivity contribution is -0.142. The zero-order chi connectivity index (χ0) is 28.8. The predicted molar refractivity (Wildman–Crippen MR) is 146 cm³/mol. The summed E-state index contributed by atoms with van der Waals surface area (Å²) >= 11 is 12.5. The number of piperidine rings is 1. The number of alkyl halides is 3. The topological polar surface area (TPSA) is 69.6 Å². The van der Waals surface area contributed by atoms with Crippen molar-refractivity contribution in [1.29, 1.82) is 0 Å². The number of halogens is 5. The minimum absolute atomic E-state index is 0.0476. The normalized spacial score (nSPS) is 22.9. The van der Waals surface area contributed by atoms with Crippen LogP contribution in [-0.2, 0) is 15.8 Å². The van der Waals surface area contributed by atoms with E-state index in [1.165, 1.54) is 0 Å². The number of carbonyl (C=O) groups is 2. The molecule has 2 aliphatic heterocycles. The average molecular weight is 598 g/mol. The van der Waals surface area contributed by atoms with E-state index in [2.05, 4.69) is 9.97 Å². The molecule has 5 rings (SSSR count). The Kier molecular flexibility index (Phi) is 7.96. The molecule has 40 heavy (non-hydrogen) atoms. The second-order valence-electron chi connectivity index (χ2n) is 11.6. The van der Waals surface area contributed by atoms with E-state index in [1.807, 2.05) is 28.9 Å². The third-order valence-electron chi connectivity index (χ3n) is 8.59. The third kappa shape index (κ3) is 6.03. The zero-order valence-electron chi connectivity index (χ0n) is 22.4. The summed E-state index contributed by atoms with van der Waals surface area (Å²) in [5.74, 6) is 0.187. The van der Waals surface area contributed by atoms with E-state index in [0.29, 0.717) is 55.6 Å². The maximum atomic E-state index is 13.6. The van der Waals surface area contributed by atoms with Crippen molar-refractivity contribution in [2.24, 2.45) is 17.3 Å². The van der Waals surface area contributed by atoms with Gasteiger partial charge in [-0.3, -0.25) is 9.59 Å². The Morgan fingerprint density at radius 1 is 1.05 bits per heavy atom. The number of hydrogen-bond donors (Lipinski definition) is 0. The Balaban J connectivity index is 1.29. The third-order valence-corrected chi connectivity index (χ3v) is 9.33. The summed E-state index contributed by atoms with van der Waals surface area (Å²) in [6.07, 6.45) is 0.184. The summed E-state index contributed by atoms with van der Waals surface area (Å²) in [6.45, 7) is 4.57. The highest BCUT2D eigenvalue weighted by Crippen LogP contribution is 2.47. The lowest BCUT2D eigenvalue weighted by Gasteiger charge is -2.34. The second kappa shape index (κ2) is 11.0. The van der Waals surface area contributed by atoms with Crippen molar-refractivity contribution in [3.8, 4) is 0 Å². The van der Waals surface area contributed by atoms with Gasteiger partial charge < -0.3 is 14.7 Å². The molecular weight excluding hydrogens is 566 g/mol. The van der Waals surface area contributed by atoms with Gasteiger partial charge in [-0.15, -0.1) is 0 Å². The van der Waals surface area contributed by atoms with E-state index in [1.54, 1.807) is 18.0 Å². The number of anilines is 1. The molecule has 1 aliphatic carbocycles. The second-order valence-corrected chi connectivity index (χ2v) is 12.4. The molecule has 2 amide bonds. The molecule has 3 heterocycles. The molecule has 7 nitrogen and oxygen atoms in total. The number of aromatic nitrogens is 2. The first kappa shape index (κ1) is 28.9. The zero-order valence-corrected chi connectivity index (χ0v) is 23.9. The smallest absolute Gasteiger partial charge is 0.344 e. The predicted octanol–water partition coefficient (Wildman–Crippen LogP) is 5.52. The Morgan fingerprint density at radius 3 is 2.27 bits per heavy atom. The van der Waals surface area contributed by atoms with Gasteiger partial charge in [0.15, 0.2) is 0 Å². The molecule has 216 valence electrons. The van der Waals surface area contributed by atoms with Crippen molar-refractivity contribution >= 4 is 41.0 Å². The van der Waals surface area contributed by atoms with Crippen LogP contribution < -0.4 is 4.90 Å². The lowest BCUT2D eigenvalue weighted by Crippen LogP contribution is -2.46. The number of hydrogen-bond acceptors (Lipinski definition) is 5. The summed E-state index contributed by atoms with van der Waals surface area (Å²) in [4.78, 5) is 39.7. The number of nitrogens with zero attached hydrogens (tertiary/aromatic N) is 5. The van der Waals surface area contributed by atoms with E-state index >= 15 is 0 Å². The fraction of sp³-hybridized carbons (Fsp3) is 0.571. The summed E-state index contributed by atoms with van der Waals surface area (Å²) < 4.78 is 38.9. The lowest BCUT2D eigenvalue weighted by atomic mass is 9.88. The Hall–Kier alpha value is -2.59. The summed E-state index contributed by atoms with van der Waals surface area (Å²) in [5.41, 5.74) is -0.181. The highest BCUT2D eigenvalue weighted by Gasteiger charge is 2.48. The number of amides is 2. The minimum Gasteiger partial charge on any atom is -0.344 e. The van der Waals surface area contributed by atoms with Crippen molar-refractivity contribution in [2.75, 3.05) is 44.7 Å². The van der Waals surface area contributed by atoms with Crippen LogP contribution in [0.3, 0.4) is 0 Å². The van der Waals surface area contributed by atoms with Crippen LogP contribution >= 0.6 is 23.2 Å². The molecule has 12 heteroatoms. The van der Waals surface area contributed by atoms with Crippen LogP contribution in [0, 0.1) is 17.3 Å². The average Bonchev–Trinajstić information content (AvgIpc) is 3.55. The van der Waals surface area contributed by atoms with Gasteiger partial charge in [-0.2, -0.15) is 13.2 Å². The summed E-state index contributed by atoms with van der Waals surface area (Å²) in [6, 6.07) is 5.44. The molecular formula is C28H32Cl2F3N5O2. The first-order valence-corrected chi connectivity index (χ1v) is 14.2. The van der Waals surface area contributed by atoms with Crippen molar-refractivity contribution in [2.45, 2.75) is 44.7 Å². The van der Waals surface area contributed by atoms with Gasteiger partial charge >= 0.3 is 6.18 Å². The first-order valence-electron chi connectivity index (χ1n) is 13.5. The van der Waals surface area contributed by atoms with Crippen molar-refractivity contribution in [3.63, 3.8) is 0 Å². The van der Waals surface area contributed by atoms with Crippen LogP contribution in [0.2, 0.25) is 10.0 Å². The van der Waals surface area contributed by atoms with Gasteiger partial charge in [-0.25, -0.2) is 9.97 Å². The molecule has 2 saturated heterocycles. The van der Waals surface area contributed by atoms with Crippen molar-refractivity contribution in [3.05, 3.63) is 51.8 Å². The highest BCUT2D eigenvalue weighted by molar-refractivity contribution is 6.42. The van der Waals surface area contributed by atoms with E-state index in [9.17, 15) is 22.8 Å². The molecule has 0 bridgehead atoms. The standard InChI is InChI=1S/C28H32Cl2F3N5O2/c1-27(7-8-27)25(40)37-9-5-17(6-10-37)24(39)38-15-19(21(16-38)18-3-4-22(29)23(30)11-18)14-36(2)26-34-12-20(13-35-26)28(31,32)33/h3-4,11-13,17,19,21H,5-10,14-16H2,1-2H3/t19-,21-/m1/s1. The Morgan fingerprint density at radius 2 is 1.70 bits per heavy atom. The first-order chi connectivity index (χ1) is 18.9. The SMILES string of the molecule is CN(C[C@@H]1CN(C(=O)C2CCN(C(=O)C3(C)CC3)CC2)C[C@@H]1c1ccc(Cl)c(Cl)c1)c1ncc(C(F)(F)F)cn1. The van der Waals surface area contributed by atoms with E-state index < -0.39 is 11.7 Å². The number of carbonyl (C=O) groups excluding carboxylic acids is 2. The van der Waals surface area contributed by atoms with Crippen LogP contribution in [0.4, 0.5) is 19.1 Å². The largest absolute Gasteiger partial charge is 0.419 e. The van der Waals surface area contributed by atoms with Crippen molar-refractivity contribution < 1.29 is 22.8 Å². The van der Waals surface area contributed by atoms with E-state index in [-0.39, 0.29) is 40.9 Å². The molecule has 3 aliphatic rings. The molecule has 0 N–H and O–H groups in total. The quantitative estimate of drug-likeness (QED) is 0.438.